The molecular formula is C12H22N4O. The molecule has 0 bridgehead atoms. The van der Waals surface area contributed by atoms with E-state index in [0.29, 0.717) is 6.54 Å². The van der Waals surface area contributed by atoms with Gasteiger partial charge in [-0.15, -0.1) is 0 Å². The Morgan fingerprint density at radius 2 is 2.24 bits per heavy atom. The molecule has 1 aromatic rings. The Morgan fingerprint density at radius 3 is 2.94 bits per heavy atom. The topological polar surface area (TPSA) is 59.0 Å². The van der Waals surface area contributed by atoms with Crippen molar-refractivity contribution < 1.29 is 4.79 Å². The SMILES string of the molecule is CCCNCC(=O)NCCCCn1ccnc1. The quantitative estimate of drug-likeness (QED) is 0.625. The van der Waals surface area contributed by atoms with Crippen LogP contribution in [0.3, 0.4) is 0 Å². The molecule has 0 radical (unpaired) electrons. The minimum atomic E-state index is 0.0843. The molecule has 96 valence electrons. The molecule has 17 heavy (non-hydrogen) atoms. The third-order valence-corrected chi connectivity index (χ3v) is 2.44. The Hall–Kier alpha value is -1.36. The van der Waals surface area contributed by atoms with Gasteiger partial charge in [0, 0.05) is 25.5 Å². The second-order valence-corrected chi connectivity index (χ2v) is 4.03. The van der Waals surface area contributed by atoms with E-state index in [1.807, 2.05) is 17.1 Å². The average molecular weight is 238 g/mol. The smallest absolute Gasteiger partial charge is 0.233 e. The normalized spacial score (nSPS) is 10.4. The second-order valence-electron chi connectivity index (χ2n) is 4.03. The van der Waals surface area contributed by atoms with Gasteiger partial charge >= 0.3 is 0 Å². The number of rotatable bonds is 9. The predicted molar refractivity (Wildman–Crippen MR) is 67.6 cm³/mol. The van der Waals surface area contributed by atoms with Crippen LogP contribution in [0.4, 0.5) is 0 Å². The molecule has 0 saturated heterocycles. The number of nitrogens with zero attached hydrogens (tertiary/aromatic N) is 2. The van der Waals surface area contributed by atoms with Crippen molar-refractivity contribution in [3.63, 3.8) is 0 Å². The lowest BCUT2D eigenvalue weighted by Gasteiger charge is -2.06. The number of unbranched alkanes of at least 4 members (excludes halogenated alkanes) is 1. The molecule has 1 aromatic heterocycles. The predicted octanol–water partition coefficient (Wildman–Crippen LogP) is 0.779. The Morgan fingerprint density at radius 1 is 1.35 bits per heavy atom. The molecule has 0 saturated carbocycles. The third-order valence-electron chi connectivity index (χ3n) is 2.44. The number of carbonyl (C=O) groups excluding carboxylic acids is 1. The molecular weight excluding hydrogens is 216 g/mol. The van der Waals surface area contributed by atoms with Crippen LogP contribution >= 0.6 is 0 Å². The number of hydrogen-bond donors (Lipinski definition) is 2. The summed E-state index contributed by atoms with van der Waals surface area (Å²) in [6, 6.07) is 0. The summed E-state index contributed by atoms with van der Waals surface area (Å²) in [6.45, 7) is 5.12. The van der Waals surface area contributed by atoms with Gasteiger partial charge in [-0.2, -0.15) is 0 Å². The van der Waals surface area contributed by atoms with Crippen LogP contribution in [0.2, 0.25) is 0 Å². The van der Waals surface area contributed by atoms with E-state index in [2.05, 4.69) is 22.5 Å². The molecule has 0 aliphatic heterocycles. The van der Waals surface area contributed by atoms with Crippen molar-refractivity contribution in [1.82, 2.24) is 20.2 Å². The van der Waals surface area contributed by atoms with Crippen molar-refractivity contribution in [2.45, 2.75) is 32.7 Å². The standard InChI is InChI=1S/C12H22N4O/c1-2-5-13-10-12(17)15-6-3-4-8-16-9-7-14-11-16/h7,9,11,13H,2-6,8,10H2,1H3,(H,15,17). The van der Waals surface area contributed by atoms with Crippen LogP contribution < -0.4 is 10.6 Å². The highest BCUT2D eigenvalue weighted by molar-refractivity contribution is 5.77. The lowest BCUT2D eigenvalue weighted by atomic mass is 10.3. The fraction of sp³-hybridized carbons (Fsp3) is 0.667. The van der Waals surface area contributed by atoms with Crippen LogP contribution in [0.1, 0.15) is 26.2 Å². The van der Waals surface area contributed by atoms with E-state index in [4.69, 9.17) is 0 Å². The third kappa shape index (κ3) is 6.73. The first-order valence-corrected chi connectivity index (χ1v) is 6.26. The molecule has 5 nitrogen and oxygen atoms in total. The van der Waals surface area contributed by atoms with Crippen LogP contribution in [0, 0.1) is 0 Å². The van der Waals surface area contributed by atoms with Crippen molar-refractivity contribution >= 4 is 5.91 Å². The van der Waals surface area contributed by atoms with Gasteiger partial charge < -0.3 is 15.2 Å². The molecule has 0 aromatic carbocycles. The summed E-state index contributed by atoms with van der Waals surface area (Å²) in [5.41, 5.74) is 0. The zero-order valence-electron chi connectivity index (χ0n) is 10.5. The number of carbonyl (C=O) groups is 1. The van der Waals surface area contributed by atoms with Gasteiger partial charge in [0.25, 0.3) is 0 Å². The van der Waals surface area contributed by atoms with Gasteiger partial charge in [-0.1, -0.05) is 6.92 Å². The van der Waals surface area contributed by atoms with Crippen molar-refractivity contribution in [2.75, 3.05) is 19.6 Å². The summed E-state index contributed by atoms with van der Waals surface area (Å²) in [5, 5.41) is 5.97. The highest BCUT2D eigenvalue weighted by Gasteiger charge is 1.98. The molecule has 5 heteroatoms. The minimum Gasteiger partial charge on any atom is -0.355 e. The molecule has 0 fully saturated rings. The van der Waals surface area contributed by atoms with E-state index in [0.717, 1.165) is 38.9 Å². The lowest BCUT2D eigenvalue weighted by Crippen LogP contribution is -2.34. The zero-order chi connectivity index (χ0) is 12.3. The molecule has 1 heterocycles. The van der Waals surface area contributed by atoms with Crippen LogP contribution in [-0.4, -0.2) is 35.1 Å². The van der Waals surface area contributed by atoms with E-state index in [1.54, 1.807) is 6.20 Å². The summed E-state index contributed by atoms with van der Waals surface area (Å²) in [6.07, 6.45) is 8.65. The maximum atomic E-state index is 11.3. The first kappa shape index (κ1) is 13.7. The number of aryl methyl sites for hydroxylation is 1. The summed E-state index contributed by atoms with van der Waals surface area (Å²) >= 11 is 0. The monoisotopic (exact) mass is 238 g/mol. The van der Waals surface area contributed by atoms with Gasteiger partial charge in [-0.05, 0) is 25.8 Å². The van der Waals surface area contributed by atoms with Gasteiger partial charge in [0.05, 0.1) is 12.9 Å². The maximum Gasteiger partial charge on any atom is 0.233 e. The number of aromatic nitrogens is 2. The fourth-order valence-corrected chi connectivity index (χ4v) is 1.51. The Balaban J connectivity index is 1.91. The van der Waals surface area contributed by atoms with Gasteiger partial charge in [-0.25, -0.2) is 4.98 Å². The Bertz CT molecular complexity index is 297. The average Bonchev–Trinajstić information content (AvgIpc) is 2.82. The van der Waals surface area contributed by atoms with Crippen LogP contribution in [-0.2, 0) is 11.3 Å². The summed E-state index contributed by atoms with van der Waals surface area (Å²) in [4.78, 5) is 15.3. The first-order valence-electron chi connectivity index (χ1n) is 6.26. The number of hydrogen-bond acceptors (Lipinski definition) is 3. The number of amides is 1. The van der Waals surface area contributed by atoms with Gasteiger partial charge in [0.1, 0.15) is 0 Å². The van der Waals surface area contributed by atoms with Crippen molar-refractivity contribution in [3.8, 4) is 0 Å². The Labute approximate surface area is 103 Å². The molecule has 2 N–H and O–H groups in total. The van der Waals surface area contributed by atoms with Crippen molar-refractivity contribution in [1.29, 1.82) is 0 Å². The molecule has 0 unspecified atom stereocenters. The summed E-state index contributed by atoms with van der Waals surface area (Å²) in [7, 11) is 0. The van der Waals surface area contributed by atoms with Crippen LogP contribution in [0.25, 0.3) is 0 Å². The summed E-state index contributed by atoms with van der Waals surface area (Å²) < 4.78 is 2.05. The fourth-order valence-electron chi connectivity index (χ4n) is 1.51. The minimum absolute atomic E-state index is 0.0843. The largest absolute Gasteiger partial charge is 0.355 e. The highest BCUT2D eigenvalue weighted by Crippen LogP contribution is 1.93. The number of imidazole rings is 1. The van der Waals surface area contributed by atoms with E-state index >= 15 is 0 Å². The van der Waals surface area contributed by atoms with Crippen LogP contribution in [0.15, 0.2) is 18.7 Å². The molecule has 0 spiro atoms. The molecule has 0 aliphatic rings. The molecule has 1 rings (SSSR count). The number of nitrogens with one attached hydrogen (secondary N) is 2. The van der Waals surface area contributed by atoms with Gasteiger partial charge in [0.15, 0.2) is 0 Å². The molecule has 1 amide bonds. The molecule has 0 atom stereocenters. The van der Waals surface area contributed by atoms with Crippen molar-refractivity contribution in [3.05, 3.63) is 18.7 Å². The van der Waals surface area contributed by atoms with Gasteiger partial charge in [0.2, 0.25) is 5.91 Å². The van der Waals surface area contributed by atoms with Crippen LogP contribution in [0.5, 0.6) is 0 Å². The highest BCUT2D eigenvalue weighted by atomic mass is 16.1. The van der Waals surface area contributed by atoms with Gasteiger partial charge in [-0.3, -0.25) is 4.79 Å². The maximum absolute atomic E-state index is 11.3. The zero-order valence-corrected chi connectivity index (χ0v) is 10.5. The van der Waals surface area contributed by atoms with E-state index in [-0.39, 0.29) is 5.91 Å². The lowest BCUT2D eigenvalue weighted by molar-refractivity contribution is -0.120. The van der Waals surface area contributed by atoms with Crippen molar-refractivity contribution in [2.24, 2.45) is 0 Å². The van der Waals surface area contributed by atoms with E-state index < -0.39 is 0 Å². The Kier molecular flexibility index (Phi) is 7.06. The van der Waals surface area contributed by atoms with E-state index in [1.165, 1.54) is 0 Å². The molecule has 0 aliphatic carbocycles. The first-order chi connectivity index (χ1) is 8.33. The van der Waals surface area contributed by atoms with E-state index in [9.17, 15) is 4.79 Å². The summed E-state index contributed by atoms with van der Waals surface area (Å²) in [5.74, 6) is 0.0843. The second kappa shape index (κ2) is 8.75.